The molecule has 3 nitrogen and oxygen atoms in total. The maximum atomic E-state index is 11.3. The Morgan fingerprint density at radius 2 is 2.12 bits per heavy atom. The largest absolute Gasteiger partial charge is 0.481 e. The normalized spacial score (nSPS) is 30.1. The Morgan fingerprint density at radius 1 is 1.41 bits per heavy atom. The van der Waals surface area contributed by atoms with Crippen LogP contribution in [0.3, 0.4) is 0 Å². The molecule has 1 aliphatic heterocycles. The van der Waals surface area contributed by atoms with E-state index in [1.54, 1.807) is 0 Å². The van der Waals surface area contributed by atoms with Gasteiger partial charge >= 0.3 is 5.97 Å². The van der Waals surface area contributed by atoms with Crippen molar-refractivity contribution in [2.45, 2.75) is 63.9 Å². The van der Waals surface area contributed by atoms with Crippen molar-refractivity contribution >= 4 is 5.97 Å². The lowest BCUT2D eigenvalue weighted by molar-refractivity contribution is -0.153. The number of ether oxygens (including phenoxy) is 1. The van der Waals surface area contributed by atoms with E-state index in [1.807, 2.05) is 6.92 Å². The van der Waals surface area contributed by atoms with Gasteiger partial charge in [-0.05, 0) is 38.0 Å². The molecular formula is C14H24O3. The summed E-state index contributed by atoms with van der Waals surface area (Å²) >= 11 is 0. The Hall–Kier alpha value is -0.570. The summed E-state index contributed by atoms with van der Waals surface area (Å²) in [4.78, 5) is 11.3. The molecular weight excluding hydrogens is 216 g/mol. The van der Waals surface area contributed by atoms with E-state index in [2.05, 4.69) is 0 Å². The van der Waals surface area contributed by atoms with Crippen LogP contribution in [0.2, 0.25) is 0 Å². The first-order valence-corrected chi connectivity index (χ1v) is 7.04. The molecule has 1 heterocycles. The Morgan fingerprint density at radius 3 is 2.71 bits per heavy atom. The van der Waals surface area contributed by atoms with Gasteiger partial charge in [-0.2, -0.15) is 0 Å². The fraction of sp³-hybridized carbons (Fsp3) is 0.929. The van der Waals surface area contributed by atoms with Crippen LogP contribution in [0.15, 0.2) is 0 Å². The SMILES string of the molecule is CCC(C(=O)O)C1CCOC2(CCCCC2)C1. The maximum Gasteiger partial charge on any atom is 0.306 e. The molecule has 2 fully saturated rings. The lowest BCUT2D eigenvalue weighted by Gasteiger charge is -2.44. The smallest absolute Gasteiger partial charge is 0.306 e. The van der Waals surface area contributed by atoms with Crippen molar-refractivity contribution in [3.63, 3.8) is 0 Å². The molecule has 1 N–H and O–H groups in total. The number of carboxylic acids is 1. The molecule has 0 aromatic heterocycles. The van der Waals surface area contributed by atoms with Crippen LogP contribution in [-0.2, 0) is 9.53 Å². The molecule has 1 saturated carbocycles. The number of hydrogen-bond donors (Lipinski definition) is 1. The van der Waals surface area contributed by atoms with Gasteiger partial charge in [0.25, 0.3) is 0 Å². The average molecular weight is 240 g/mol. The molecule has 0 bridgehead atoms. The van der Waals surface area contributed by atoms with Gasteiger partial charge in [0.05, 0.1) is 11.5 Å². The molecule has 1 saturated heterocycles. The third-order valence-electron chi connectivity index (χ3n) is 4.62. The first-order valence-electron chi connectivity index (χ1n) is 7.04. The van der Waals surface area contributed by atoms with Crippen molar-refractivity contribution in [1.29, 1.82) is 0 Å². The van der Waals surface area contributed by atoms with E-state index in [0.717, 1.165) is 38.7 Å². The van der Waals surface area contributed by atoms with Gasteiger partial charge in [0.15, 0.2) is 0 Å². The van der Waals surface area contributed by atoms with Crippen LogP contribution in [0.5, 0.6) is 0 Å². The lowest BCUT2D eigenvalue weighted by atomic mass is 9.72. The van der Waals surface area contributed by atoms with Crippen LogP contribution >= 0.6 is 0 Å². The summed E-state index contributed by atoms with van der Waals surface area (Å²) in [6.07, 6.45) is 8.72. The van der Waals surface area contributed by atoms with Crippen LogP contribution in [0, 0.1) is 11.8 Å². The summed E-state index contributed by atoms with van der Waals surface area (Å²) in [6, 6.07) is 0. The van der Waals surface area contributed by atoms with Gasteiger partial charge in [0.2, 0.25) is 0 Å². The number of carboxylic acid groups (broad SMARTS) is 1. The van der Waals surface area contributed by atoms with Gasteiger partial charge in [-0.1, -0.05) is 26.2 Å². The zero-order valence-corrected chi connectivity index (χ0v) is 10.8. The van der Waals surface area contributed by atoms with E-state index >= 15 is 0 Å². The summed E-state index contributed by atoms with van der Waals surface area (Å²) < 4.78 is 6.02. The van der Waals surface area contributed by atoms with Gasteiger partial charge in [0.1, 0.15) is 0 Å². The second kappa shape index (κ2) is 5.38. The molecule has 17 heavy (non-hydrogen) atoms. The lowest BCUT2D eigenvalue weighted by Crippen LogP contribution is -2.44. The van der Waals surface area contributed by atoms with Crippen LogP contribution in [0.4, 0.5) is 0 Å². The van der Waals surface area contributed by atoms with Crippen LogP contribution < -0.4 is 0 Å². The highest BCUT2D eigenvalue weighted by molar-refractivity contribution is 5.70. The van der Waals surface area contributed by atoms with E-state index in [1.165, 1.54) is 19.3 Å². The number of rotatable bonds is 3. The highest BCUT2D eigenvalue weighted by Crippen LogP contribution is 2.43. The van der Waals surface area contributed by atoms with Gasteiger partial charge < -0.3 is 9.84 Å². The molecule has 1 aliphatic carbocycles. The highest BCUT2D eigenvalue weighted by Gasteiger charge is 2.41. The Labute approximate surface area is 104 Å². The molecule has 3 heteroatoms. The van der Waals surface area contributed by atoms with E-state index in [9.17, 15) is 9.90 Å². The van der Waals surface area contributed by atoms with Crippen LogP contribution in [0.25, 0.3) is 0 Å². The first kappa shape index (κ1) is 12.9. The summed E-state index contributed by atoms with van der Waals surface area (Å²) in [6.45, 7) is 2.75. The number of carbonyl (C=O) groups is 1. The first-order chi connectivity index (χ1) is 8.17. The second-order valence-corrected chi connectivity index (χ2v) is 5.70. The highest BCUT2D eigenvalue weighted by atomic mass is 16.5. The quantitative estimate of drug-likeness (QED) is 0.823. The molecule has 2 aliphatic rings. The predicted molar refractivity (Wildman–Crippen MR) is 65.9 cm³/mol. The number of aliphatic carboxylic acids is 1. The molecule has 98 valence electrons. The summed E-state index contributed by atoms with van der Waals surface area (Å²) in [5.74, 6) is -0.465. The van der Waals surface area contributed by atoms with Gasteiger partial charge in [-0.3, -0.25) is 4.79 Å². The van der Waals surface area contributed by atoms with Crippen molar-refractivity contribution in [3.05, 3.63) is 0 Å². The molecule has 2 atom stereocenters. The standard InChI is InChI=1S/C14H24O3/c1-2-12(13(15)16)11-6-9-17-14(10-11)7-4-3-5-8-14/h11-12H,2-10H2,1H3,(H,15,16). The van der Waals surface area contributed by atoms with E-state index in [-0.39, 0.29) is 11.5 Å². The Balaban J connectivity index is 2.02. The predicted octanol–water partition coefficient (Wildman–Crippen LogP) is 3.23. The van der Waals surface area contributed by atoms with E-state index < -0.39 is 5.97 Å². The molecule has 2 rings (SSSR count). The maximum absolute atomic E-state index is 11.3. The third-order valence-corrected chi connectivity index (χ3v) is 4.62. The fourth-order valence-corrected chi connectivity index (χ4v) is 3.66. The molecule has 1 spiro atoms. The van der Waals surface area contributed by atoms with Crippen molar-refractivity contribution in [1.82, 2.24) is 0 Å². The van der Waals surface area contributed by atoms with Crippen molar-refractivity contribution in [3.8, 4) is 0 Å². The molecule has 0 aromatic carbocycles. The molecule has 0 radical (unpaired) electrons. The average Bonchev–Trinajstić information content (AvgIpc) is 2.30. The summed E-state index contributed by atoms with van der Waals surface area (Å²) in [5, 5.41) is 9.27. The monoisotopic (exact) mass is 240 g/mol. The van der Waals surface area contributed by atoms with Gasteiger partial charge in [-0.25, -0.2) is 0 Å². The molecule has 0 aromatic rings. The minimum Gasteiger partial charge on any atom is -0.481 e. The van der Waals surface area contributed by atoms with E-state index in [0.29, 0.717) is 5.92 Å². The summed E-state index contributed by atoms with van der Waals surface area (Å²) in [7, 11) is 0. The minimum absolute atomic E-state index is 0.0318. The van der Waals surface area contributed by atoms with Gasteiger partial charge in [0, 0.05) is 6.61 Å². The van der Waals surface area contributed by atoms with Gasteiger partial charge in [-0.15, -0.1) is 0 Å². The van der Waals surface area contributed by atoms with Crippen LogP contribution in [-0.4, -0.2) is 23.3 Å². The summed E-state index contributed by atoms with van der Waals surface area (Å²) in [5.41, 5.74) is 0.0318. The van der Waals surface area contributed by atoms with Crippen molar-refractivity contribution < 1.29 is 14.6 Å². The van der Waals surface area contributed by atoms with Crippen molar-refractivity contribution in [2.75, 3.05) is 6.61 Å². The topological polar surface area (TPSA) is 46.5 Å². The Kier molecular flexibility index (Phi) is 4.08. The van der Waals surface area contributed by atoms with Crippen molar-refractivity contribution in [2.24, 2.45) is 11.8 Å². The zero-order valence-electron chi connectivity index (χ0n) is 10.8. The minimum atomic E-state index is -0.620. The van der Waals surface area contributed by atoms with E-state index in [4.69, 9.17) is 4.74 Å². The molecule has 2 unspecified atom stereocenters. The third kappa shape index (κ3) is 2.82. The Bertz CT molecular complexity index is 263. The molecule has 0 amide bonds. The fourth-order valence-electron chi connectivity index (χ4n) is 3.66. The number of hydrogen-bond acceptors (Lipinski definition) is 2. The second-order valence-electron chi connectivity index (χ2n) is 5.70. The zero-order chi connectivity index (χ0) is 12.3. The van der Waals surface area contributed by atoms with Crippen LogP contribution in [0.1, 0.15) is 58.3 Å².